The number of rotatable bonds is 7. The number of hydrogen-bond acceptors (Lipinski definition) is 3. The molecule has 2 unspecified atom stereocenters. The molecular weight excluding hydrogens is 328 g/mol. The number of likely N-dealkylation sites (N-methyl/N-ethyl adjacent to an activating group) is 1. The first-order valence-corrected chi connectivity index (χ1v) is 7.61. The van der Waals surface area contributed by atoms with Crippen molar-refractivity contribution in [3.63, 3.8) is 0 Å². The fourth-order valence-corrected chi connectivity index (χ4v) is 3.08. The highest BCUT2D eigenvalue weighted by atomic mass is 79.9. The van der Waals surface area contributed by atoms with Gasteiger partial charge in [0.05, 0.1) is 6.61 Å². The first kappa shape index (κ1) is 16.9. The molecule has 3 nitrogen and oxygen atoms in total. The molecule has 0 aliphatic rings. The summed E-state index contributed by atoms with van der Waals surface area (Å²) in [6.07, 6.45) is 0. The van der Waals surface area contributed by atoms with Gasteiger partial charge in [0.1, 0.15) is 0 Å². The smallest absolute Gasteiger partial charge is 0.0615 e. The van der Waals surface area contributed by atoms with Crippen molar-refractivity contribution in [3.05, 3.63) is 33.3 Å². The Morgan fingerprint density at radius 3 is 2.68 bits per heavy atom. The van der Waals surface area contributed by atoms with E-state index in [9.17, 15) is 0 Å². The van der Waals surface area contributed by atoms with E-state index in [1.807, 2.05) is 18.2 Å². The van der Waals surface area contributed by atoms with Gasteiger partial charge in [-0.05, 0) is 37.2 Å². The highest BCUT2D eigenvalue weighted by molar-refractivity contribution is 9.10. The second-order valence-electron chi connectivity index (χ2n) is 4.55. The maximum atomic E-state index is 6.10. The molecule has 0 aliphatic carbocycles. The quantitative estimate of drug-likeness (QED) is 0.819. The van der Waals surface area contributed by atoms with Crippen LogP contribution in [0.15, 0.2) is 22.7 Å². The third-order valence-electron chi connectivity index (χ3n) is 3.28. The lowest BCUT2D eigenvalue weighted by molar-refractivity contribution is 0.0749. The van der Waals surface area contributed by atoms with Gasteiger partial charge in [-0.2, -0.15) is 0 Å². The second kappa shape index (κ2) is 8.22. The van der Waals surface area contributed by atoms with Gasteiger partial charge in [-0.3, -0.25) is 4.90 Å². The number of nitrogens with zero attached hydrogens (tertiary/aromatic N) is 1. The van der Waals surface area contributed by atoms with Crippen molar-refractivity contribution in [2.24, 2.45) is 5.73 Å². The van der Waals surface area contributed by atoms with E-state index in [4.69, 9.17) is 22.1 Å². The number of hydrogen-bond donors (Lipinski definition) is 1. The molecular formula is C14H22BrClN2O. The Morgan fingerprint density at radius 2 is 2.16 bits per heavy atom. The number of nitrogens with two attached hydrogens (primary N) is 1. The maximum Gasteiger partial charge on any atom is 0.0615 e. The Labute approximate surface area is 129 Å². The van der Waals surface area contributed by atoms with Crippen LogP contribution in [0, 0.1) is 0 Å². The summed E-state index contributed by atoms with van der Waals surface area (Å²) in [6, 6.07) is 6.25. The van der Waals surface area contributed by atoms with Crippen LogP contribution in [0.4, 0.5) is 0 Å². The van der Waals surface area contributed by atoms with E-state index in [-0.39, 0.29) is 6.04 Å². The van der Waals surface area contributed by atoms with Crippen molar-refractivity contribution < 1.29 is 4.74 Å². The topological polar surface area (TPSA) is 38.5 Å². The molecule has 1 aromatic rings. The summed E-state index contributed by atoms with van der Waals surface area (Å²) in [5, 5.41) is 0.729. The number of halogens is 2. The van der Waals surface area contributed by atoms with E-state index >= 15 is 0 Å². The van der Waals surface area contributed by atoms with Crippen molar-refractivity contribution in [1.82, 2.24) is 4.90 Å². The first-order valence-electron chi connectivity index (χ1n) is 6.44. The fourth-order valence-electron chi connectivity index (χ4n) is 2.39. The van der Waals surface area contributed by atoms with E-state index in [1.54, 1.807) is 7.11 Å². The average molecular weight is 350 g/mol. The van der Waals surface area contributed by atoms with Crippen LogP contribution in [0.1, 0.15) is 25.5 Å². The summed E-state index contributed by atoms with van der Waals surface area (Å²) in [4.78, 5) is 2.33. The molecule has 0 heterocycles. The molecule has 5 heteroatoms. The summed E-state index contributed by atoms with van der Waals surface area (Å²) in [7, 11) is 1.72. The molecule has 2 atom stereocenters. The molecule has 0 bridgehead atoms. The lowest BCUT2D eigenvalue weighted by Crippen LogP contribution is -2.42. The third kappa shape index (κ3) is 4.43. The van der Waals surface area contributed by atoms with Crippen LogP contribution in [0.25, 0.3) is 0 Å². The van der Waals surface area contributed by atoms with Crippen LogP contribution in [0.2, 0.25) is 5.02 Å². The van der Waals surface area contributed by atoms with Crippen molar-refractivity contribution in [1.29, 1.82) is 0 Å². The minimum absolute atomic E-state index is 0.128. The van der Waals surface area contributed by atoms with Gasteiger partial charge in [0.25, 0.3) is 0 Å². The Kier molecular flexibility index (Phi) is 7.32. The summed E-state index contributed by atoms with van der Waals surface area (Å²) >= 11 is 9.69. The SMILES string of the molecule is CCN(C(C)COC)C(CN)c1cc(Cl)ccc1Br. The molecule has 0 radical (unpaired) electrons. The Hall–Kier alpha value is -0.130. The largest absolute Gasteiger partial charge is 0.383 e. The van der Waals surface area contributed by atoms with E-state index < -0.39 is 0 Å². The van der Waals surface area contributed by atoms with Gasteiger partial charge < -0.3 is 10.5 Å². The molecule has 0 spiro atoms. The molecule has 1 rings (SSSR count). The van der Waals surface area contributed by atoms with Gasteiger partial charge in [-0.25, -0.2) is 0 Å². The van der Waals surface area contributed by atoms with Gasteiger partial charge in [0.2, 0.25) is 0 Å². The zero-order valence-corrected chi connectivity index (χ0v) is 14.0. The lowest BCUT2D eigenvalue weighted by Gasteiger charge is -2.35. The van der Waals surface area contributed by atoms with Crippen molar-refractivity contribution in [3.8, 4) is 0 Å². The van der Waals surface area contributed by atoms with Crippen molar-refractivity contribution in [2.75, 3.05) is 26.8 Å². The normalized spacial score (nSPS) is 14.7. The summed E-state index contributed by atoms with van der Waals surface area (Å²) in [5.74, 6) is 0. The molecule has 0 aromatic heterocycles. The van der Waals surface area contributed by atoms with Gasteiger partial charge in [0, 0.05) is 35.2 Å². The van der Waals surface area contributed by atoms with Crippen molar-refractivity contribution >= 4 is 27.5 Å². The Bertz CT molecular complexity index is 403. The number of ether oxygens (including phenoxy) is 1. The van der Waals surface area contributed by atoms with Crippen LogP contribution in [0.3, 0.4) is 0 Å². The van der Waals surface area contributed by atoms with Gasteiger partial charge in [0.15, 0.2) is 0 Å². The third-order valence-corrected chi connectivity index (χ3v) is 4.24. The van der Waals surface area contributed by atoms with E-state index in [0.29, 0.717) is 19.2 Å². The predicted octanol–water partition coefficient (Wildman–Crippen LogP) is 3.46. The highest BCUT2D eigenvalue weighted by Gasteiger charge is 2.24. The molecule has 0 fully saturated rings. The van der Waals surface area contributed by atoms with Crippen LogP contribution < -0.4 is 5.73 Å². The summed E-state index contributed by atoms with van der Waals surface area (Å²) in [5.41, 5.74) is 7.11. The number of benzene rings is 1. The van der Waals surface area contributed by atoms with E-state index in [1.165, 1.54) is 0 Å². The lowest BCUT2D eigenvalue weighted by atomic mass is 10.0. The summed E-state index contributed by atoms with van der Waals surface area (Å²) < 4.78 is 6.29. The highest BCUT2D eigenvalue weighted by Crippen LogP contribution is 2.31. The molecule has 0 amide bonds. The van der Waals surface area contributed by atoms with Crippen LogP contribution >= 0.6 is 27.5 Å². The summed E-state index contributed by atoms with van der Waals surface area (Å²) in [6.45, 7) is 6.41. The van der Waals surface area contributed by atoms with Gasteiger partial charge in [-0.15, -0.1) is 0 Å². The Balaban J connectivity index is 3.06. The molecule has 0 aliphatic heterocycles. The minimum Gasteiger partial charge on any atom is -0.383 e. The van der Waals surface area contributed by atoms with Gasteiger partial charge >= 0.3 is 0 Å². The standard InChI is InChI=1S/C14H22BrClN2O/c1-4-18(10(2)9-19-3)14(8-17)12-7-11(16)5-6-13(12)15/h5-7,10,14H,4,8-9,17H2,1-3H3. The zero-order valence-electron chi connectivity index (χ0n) is 11.7. The van der Waals surface area contributed by atoms with E-state index in [2.05, 4.69) is 34.7 Å². The van der Waals surface area contributed by atoms with Crippen LogP contribution in [-0.4, -0.2) is 37.7 Å². The minimum atomic E-state index is 0.128. The molecule has 19 heavy (non-hydrogen) atoms. The fraction of sp³-hybridized carbons (Fsp3) is 0.571. The molecule has 2 N–H and O–H groups in total. The maximum absolute atomic E-state index is 6.10. The molecule has 0 saturated carbocycles. The molecule has 0 saturated heterocycles. The first-order chi connectivity index (χ1) is 9.04. The van der Waals surface area contributed by atoms with Crippen molar-refractivity contribution in [2.45, 2.75) is 25.9 Å². The predicted molar refractivity (Wildman–Crippen MR) is 84.7 cm³/mol. The van der Waals surface area contributed by atoms with Crippen LogP contribution in [-0.2, 0) is 4.74 Å². The molecule has 1 aromatic carbocycles. The van der Waals surface area contributed by atoms with E-state index in [0.717, 1.165) is 21.6 Å². The average Bonchev–Trinajstić information content (AvgIpc) is 2.39. The second-order valence-corrected chi connectivity index (χ2v) is 5.84. The van der Waals surface area contributed by atoms with Gasteiger partial charge in [-0.1, -0.05) is 34.5 Å². The molecule has 108 valence electrons. The monoisotopic (exact) mass is 348 g/mol. The Morgan fingerprint density at radius 1 is 1.47 bits per heavy atom. The van der Waals surface area contributed by atoms with Crippen LogP contribution in [0.5, 0.6) is 0 Å². The number of methoxy groups -OCH3 is 1. The zero-order chi connectivity index (χ0) is 14.4.